The molecular weight excluding hydrogens is 342 g/mol. The summed E-state index contributed by atoms with van der Waals surface area (Å²) in [5.41, 5.74) is 1.19. The molecule has 116 valence electrons. The summed E-state index contributed by atoms with van der Waals surface area (Å²) in [6.45, 7) is 1.91. The van der Waals surface area contributed by atoms with Crippen molar-refractivity contribution in [3.05, 3.63) is 47.5 Å². The lowest BCUT2D eigenvalue weighted by atomic mass is 10.0. The standard InChI is InChI=1S/C17H20BrN3O/c1-12(13-6-3-2-4-7-13)20-17(22)14(11-19)10-15-8-5-9-16(18)21-15/h2-4,6-7,10,12,15-16,21H,5,8-9H2,1H3,(H,20,22)/b14-10+/t12-,15?,16?/m0/s1. The van der Waals surface area contributed by atoms with Gasteiger partial charge in [-0.2, -0.15) is 5.26 Å². The van der Waals surface area contributed by atoms with Crippen molar-refractivity contribution in [2.45, 2.75) is 43.2 Å². The number of amides is 1. The molecule has 2 unspecified atom stereocenters. The molecule has 1 aliphatic heterocycles. The Kier molecular flexibility index (Phi) is 6.17. The van der Waals surface area contributed by atoms with Crippen molar-refractivity contribution >= 4 is 21.8 Å². The fourth-order valence-electron chi connectivity index (χ4n) is 2.51. The molecule has 1 aromatic rings. The zero-order chi connectivity index (χ0) is 15.9. The molecule has 1 aliphatic rings. The maximum Gasteiger partial charge on any atom is 0.262 e. The predicted octanol–water partition coefficient (Wildman–Crippen LogP) is 3.18. The number of rotatable bonds is 4. The van der Waals surface area contributed by atoms with Crippen molar-refractivity contribution in [3.8, 4) is 6.07 Å². The summed E-state index contributed by atoms with van der Waals surface area (Å²) in [7, 11) is 0. The van der Waals surface area contributed by atoms with Crippen LogP contribution in [0.15, 0.2) is 42.0 Å². The topological polar surface area (TPSA) is 64.9 Å². The van der Waals surface area contributed by atoms with Crippen LogP contribution in [-0.2, 0) is 4.79 Å². The second kappa shape index (κ2) is 8.11. The van der Waals surface area contributed by atoms with Crippen LogP contribution >= 0.6 is 15.9 Å². The van der Waals surface area contributed by atoms with Crippen LogP contribution in [0.4, 0.5) is 0 Å². The number of nitrogens with zero attached hydrogens (tertiary/aromatic N) is 1. The maximum atomic E-state index is 12.3. The molecule has 1 aromatic carbocycles. The fraction of sp³-hybridized carbons (Fsp3) is 0.412. The highest BCUT2D eigenvalue weighted by molar-refractivity contribution is 9.09. The van der Waals surface area contributed by atoms with Crippen LogP contribution in [0.3, 0.4) is 0 Å². The molecule has 1 heterocycles. The van der Waals surface area contributed by atoms with Crippen molar-refractivity contribution in [3.63, 3.8) is 0 Å². The van der Waals surface area contributed by atoms with Crippen LogP contribution < -0.4 is 10.6 Å². The van der Waals surface area contributed by atoms with Gasteiger partial charge in [-0.05, 0) is 37.8 Å². The van der Waals surface area contributed by atoms with Crippen LogP contribution in [0.25, 0.3) is 0 Å². The third-order valence-corrected chi connectivity index (χ3v) is 4.47. The number of benzene rings is 1. The molecule has 2 rings (SSSR count). The number of piperidine rings is 1. The van der Waals surface area contributed by atoms with Gasteiger partial charge in [-0.3, -0.25) is 10.1 Å². The average molecular weight is 362 g/mol. The normalized spacial score (nSPS) is 23.4. The fourth-order valence-corrected chi connectivity index (χ4v) is 3.17. The second-order valence-electron chi connectivity index (χ2n) is 5.47. The van der Waals surface area contributed by atoms with E-state index in [1.165, 1.54) is 0 Å². The van der Waals surface area contributed by atoms with E-state index >= 15 is 0 Å². The summed E-state index contributed by atoms with van der Waals surface area (Å²) in [4.78, 5) is 12.5. The quantitative estimate of drug-likeness (QED) is 0.374. The van der Waals surface area contributed by atoms with E-state index in [0.717, 1.165) is 24.8 Å². The monoisotopic (exact) mass is 361 g/mol. The van der Waals surface area contributed by atoms with Crippen LogP contribution in [0, 0.1) is 11.3 Å². The van der Waals surface area contributed by atoms with Gasteiger partial charge < -0.3 is 5.32 Å². The molecule has 0 aliphatic carbocycles. The lowest BCUT2D eigenvalue weighted by Crippen LogP contribution is -2.38. The van der Waals surface area contributed by atoms with E-state index in [1.807, 2.05) is 43.3 Å². The van der Waals surface area contributed by atoms with Gasteiger partial charge in [0.1, 0.15) is 11.6 Å². The molecule has 0 aromatic heterocycles. The number of alkyl halides is 1. The SMILES string of the molecule is C[C@H](NC(=O)/C(C#N)=C/C1CCCC(Br)N1)c1ccccc1. The Morgan fingerprint density at radius 2 is 2.18 bits per heavy atom. The van der Waals surface area contributed by atoms with Gasteiger partial charge in [-0.25, -0.2) is 0 Å². The van der Waals surface area contributed by atoms with Crippen LogP contribution in [0.1, 0.15) is 37.8 Å². The lowest BCUT2D eigenvalue weighted by Gasteiger charge is -2.25. The van der Waals surface area contributed by atoms with E-state index in [1.54, 1.807) is 6.08 Å². The zero-order valence-electron chi connectivity index (χ0n) is 12.6. The van der Waals surface area contributed by atoms with Gasteiger partial charge in [0.05, 0.1) is 11.0 Å². The van der Waals surface area contributed by atoms with Crippen molar-refractivity contribution in [2.24, 2.45) is 0 Å². The van der Waals surface area contributed by atoms with Gasteiger partial charge in [0.15, 0.2) is 0 Å². The minimum Gasteiger partial charge on any atom is -0.345 e. The van der Waals surface area contributed by atoms with Gasteiger partial charge in [0.2, 0.25) is 0 Å². The summed E-state index contributed by atoms with van der Waals surface area (Å²) >= 11 is 3.52. The number of carbonyl (C=O) groups is 1. The summed E-state index contributed by atoms with van der Waals surface area (Å²) in [6, 6.07) is 11.7. The number of hydrogen-bond donors (Lipinski definition) is 2. The molecule has 5 heteroatoms. The van der Waals surface area contributed by atoms with E-state index in [4.69, 9.17) is 0 Å². The first-order valence-electron chi connectivity index (χ1n) is 7.48. The highest BCUT2D eigenvalue weighted by atomic mass is 79.9. The minimum atomic E-state index is -0.322. The Balaban J connectivity index is 2.01. The maximum absolute atomic E-state index is 12.3. The summed E-state index contributed by atoms with van der Waals surface area (Å²) in [5.74, 6) is -0.322. The summed E-state index contributed by atoms with van der Waals surface area (Å²) in [6.07, 6.45) is 4.81. The minimum absolute atomic E-state index is 0.0607. The highest BCUT2D eigenvalue weighted by Crippen LogP contribution is 2.18. The Hall–Kier alpha value is -1.64. The number of carbonyl (C=O) groups excluding carboxylic acids is 1. The average Bonchev–Trinajstić information content (AvgIpc) is 2.53. The molecule has 0 spiro atoms. The van der Waals surface area contributed by atoms with Crippen molar-refractivity contribution in [1.82, 2.24) is 10.6 Å². The lowest BCUT2D eigenvalue weighted by molar-refractivity contribution is -0.117. The van der Waals surface area contributed by atoms with E-state index in [0.29, 0.717) is 0 Å². The number of hydrogen-bond acceptors (Lipinski definition) is 3. The van der Waals surface area contributed by atoms with E-state index in [2.05, 4.69) is 26.6 Å². The van der Waals surface area contributed by atoms with Gasteiger partial charge in [0.25, 0.3) is 5.91 Å². The smallest absolute Gasteiger partial charge is 0.262 e. The first kappa shape index (κ1) is 16.7. The molecule has 0 radical (unpaired) electrons. The van der Waals surface area contributed by atoms with Gasteiger partial charge in [-0.15, -0.1) is 0 Å². The number of nitrogens with one attached hydrogen (secondary N) is 2. The predicted molar refractivity (Wildman–Crippen MR) is 90.2 cm³/mol. The van der Waals surface area contributed by atoms with Gasteiger partial charge in [0, 0.05) is 6.04 Å². The summed E-state index contributed by atoms with van der Waals surface area (Å²) < 4.78 is 0. The summed E-state index contributed by atoms with van der Waals surface area (Å²) in [5, 5.41) is 15.5. The molecule has 0 saturated carbocycles. The number of halogens is 1. The van der Waals surface area contributed by atoms with Crippen molar-refractivity contribution in [2.75, 3.05) is 0 Å². The first-order chi connectivity index (χ1) is 10.6. The third kappa shape index (κ3) is 4.69. The Bertz CT molecular complexity index is 579. The highest BCUT2D eigenvalue weighted by Gasteiger charge is 2.20. The molecule has 1 fully saturated rings. The molecule has 4 nitrogen and oxygen atoms in total. The van der Waals surface area contributed by atoms with Crippen molar-refractivity contribution < 1.29 is 4.79 Å². The van der Waals surface area contributed by atoms with Crippen LogP contribution in [-0.4, -0.2) is 16.9 Å². The Morgan fingerprint density at radius 1 is 1.45 bits per heavy atom. The molecule has 1 amide bonds. The van der Waals surface area contributed by atoms with E-state index in [-0.39, 0.29) is 28.5 Å². The van der Waals surface area contributed by atoms with Gasteiger partial charge >= 0.3 is 0 Å². The largest absolute Gasteiger partial charge is 0.345 e. The number of nitriles is 1. The molecule has 1 saturated heterocycles. The van der Waals surface area contributed by atoms with Gasteiger partial charge in [-0.1, -0.05) is 46.3 Å². The Morgan fingerprint density at radius 3 is 2.82 bits per heavy atom. The molecule has 2 N–H and O–H groups in total. The van der Waals surface area contributed by atoms with E-state index in [9.17, 15) is 10.1 Å². The first-order valence-corrected chi connectivity index (χ1v) is 8.39. The van der Waals surface area contributed by atoms with E-state index < -0.39 is 0 Å². The van der Waals surface area contributed by atoms with Crippen molar-refractivity contribution in [1.29, 1.82) is 5.26 Å². The molecular formula is C17H20BrN3O. The Labute approximate surface area is 139 Å². The molecule has 3 atom stereocenters. The zero-order valence-corrected chi connectivity index (χ0v) is 14.1. The third-order valence-electron chi connectivity index (χ3n) is 3.75. The van der Waals surface area contributed by atoms with Crippen LogP contribution in [0.2, 0.25) is 0 Å². The second-order valence-corrected chi connectivity index (χ2v) is 6.57. The van der Waals surface area contributed by atoms with Crippen LogP contribution in [0.5, 0.6) is 0 Å². The molecule has 0 bridgehead atoms. The molecule has 22 heavy (non-hydrogen) atoms.